The molecule has 0 saturated carbocycles. The van der Waals surface area contributed by atoms with E-state index in [1.807, 2.05) is 0 Å². The largest absolute Gasteiger partial charge is 0.480 e. The van der Waals surface area contributed by atoms with Gasteiger partial charge in [-0.2, -0.15) is 0 Å². The maximum absolute atomic E-state index is 12.0. The van der Waals surface area contributed by atoms with Crippen LogP contribution in [0.3, 0.4) is 0 Å². The number of carboxylic acids is 1. The molecule has 0 aromatic heterocycles. The Morgan fingerprint density at radius 3 is 2.45 bits per heavy atom. The molecule has 1 saturated heterocycles. The van der Waals surface area contributed by atoms with E-state index in [0.717, 1.165) is 4.90 Å². The minimum Gasteiger partial charge on any atom is -0.480 e. The second-order valence-electron chi connectivity index (χ2n) is 4.65. The number of rotatable bonds is 5. The van der Waals surface area contributed by atoms with Gasteiger partial charge in [-0.3, -0.25) is 14.4 Å². The summed E-state index contributed by atoms with van der Waals surface area (Å²) in [5.41, 5.74) is 4.90. The first-order valence-electron chi connectivity index (χ1n) is 5.99. The van der Waals surface area contributed by atoms with E-state index in [9.17, 15) is 24.3 Å². The Bertz CT molecular complexity index is 438. The SMILES string of the molecule is CC(=O)N1CC(O)CC1C(=O)NC(CC(N)=O)C(=O)O. The average molecular weight is 287 g/mol. The fraction of sp³-hybridized carbons (Fsp3) is 0.636. The van der Waals surface area contributed by atoms with Gasteiger partial charge in [0.2, 0.25) is 17.7 Å². The van der Waals surface area contributed by atoms with Gasteiger partial charge in [-0.25, -0.2) is 4.79 Å². The maximum atomic E-state index is 12.0. The Kier molecular flexibility index (Phi) is 5.03. The van der Waals surface area contributed by atoms with E-state index < -0.39 is 48.3 Å². The van der Waals surface area contributed by atoms with Crippen LogP contribution in [-0.4, -0.2) is 63.5 Å². The Hall–Kier alpha value is -2.16. The number of carbonyl (C=O) groups excluding carboxylic acids is 3. The number of amides is 3. The van der Waals surface area contributed by atoms with E-state index in [-0.39, 0.29) is 13.0 Å². The van der Waals surface area contributed by atoms with Crippen LogP contribution in [0, 0.1) is 0 Å². The van der Waals surface area contributed by atoms with Gasteiger partial charge in [0, 0.05) is 19.9 Å². The molecule has 1 fully saturated rings. The number of nitrogens with two attached hydrogens (primary N) is 1. The van der Waals surface area contributed by atoms with Crippen molar-refractivity contribution in [1.82, 2.24) is 10.2 Å². The summed E-state index contributed by atoms with van der Waals surface area (Å²) >= 11 is 0. The molecule has 3 unspecified atom stereocenters. The molecular weight excluding hydrogens is 270 g/mol. The van der Waals surface area contributed by atoms with Crippen LogP contribution in [0.15, 0.2) is 0 Å². The van der Waals surface area contributed by atoms with Gasteiger partial charge in [0.05, 0.1) is 12.5 Å². The summed E-state index contributed by atoms with van der Waals surface area (Å²) in [6, 6.07) is -2.40. The van der Waals surface area contributed by atoms with Crippen LogP contribution in [-0.2, 0) is 19.2 Å². The van der Waals surface area contributed by atoms with Crippen LogP contribution in [0.1, 0.15) is 19.8 Å². The van der Waals surface area contributed by atoms with Gasteiger partial charge in [0.1, 0.15) is 12.1 Å². The summed E-state index contributed by atoms with van der Waals surface area (Å²) < 4.78 is 0. The first-order valence-corrected chi connectivity index (χ1v) is 5.99. The first kappa shape index (κ1) is 15.9. The highest BCUT2D eigenvalue weighted by Crippen LogP contribution is 2.18. The second kappa shape index (κ2) is 6.33. The highest BCUT2D eigenvalue weighted by molar-refractivity contribution is 5.92. The Morgan fingerprint density at radius 1 is 1.40 bits per heavy atom. The van der Waals surface area contributed by atoms with E-state index in [1.165, 1.54) is 6.92 Å². The number of aliphatic hydroxyl groups is 1. The number of carboxylic acid groups (broad SMARTS) is 1. The topological polar surface area (TPSA) is 150 Å². The zero-order valence-corrected chi connectivity index (χ0v) is 10.9. The number of nitrogens with one attached hydrogen (secondary N) is 1. The predicted molar refractivity (Wildman–Crippen MR) is 65.2 cm³/mol. The molecule has 0 radical (unpaired) electrons. The Labute approximate surface area is 114 Å². The highest BCUT2D eigenvalue weighted by atomic mass is 16.4. The van der Waals surface area contributed by atoms with E-state index in [0.29, 0.717) is 0 Å². The summed E-state index contributed by atoms with van der Waals surface area (Å²) in [7, 11) is 0. The third-order valence-electron chi connectivity index (χ3n) is 3.01. The summed E-state index contributed by atoms with van der Waals surface area (Å²) in [6.45, 7) is 1.26. The number of hydrogen-bond acceptors (Lipinski definition) is 5. The zero-order chi connectivity index (χ0) is 15.4. The lowest BCUT2D eigenvalue weighted by Crippen LogP contribution is -2.51. The number of aliphatic hydroxyl groups excluding tert-OH is 1. The molecule has 5 N–H and O–H groups in total. The minimum absolute atomic E-state index is 0.0149. The van der Waals surface area contributed by atoms with Crippen LogP contribution in [0.5, 0.6) is 0 Å². The van der Waals surface area contributed by atoms with Crippen molar-refractivity contribution in [2.45, 2.75) is 38.0 Å². The zero-order valence-electron chi connectivity index (χ0n) is 10.9. The minimum atomic E-state index is -1.45. The van der Waals surface area contributed by atoms with Gasteiger partial charge in [-0.15, -0.1) is 0 Å². The predicted octanol–water partition coefficient (Wildman–Crippen LogP) is -2.59. The number of hydrogen-bond donors (Lipinski definition) is 4. The summed E-state index contributed by atoms with van der Waals surface area (Å²) in [6.07, 6.45) is -1.36. The standard InChI is InChI=1S/C11H17N3O6/c1-5(15)14-4-6(16)2-8(14)10(18)13-7(11(19)20)3-9(12)17/h6-8,16H,2-4H2,1H3,(H2,12,17)(H,13,18)(H,19,20). The Balaban J connectivity index is 2.75. The van der Waals surface area contributed by atoms with Crippen molar-refractivity contribution in [3.05, 3.63) is 0 Å². The van der Waals surface area contributed by atoms with Crippen molar-refractivity contribution < 1.29 is 29.4 Å². The van der Waals surface area contributed by atoms with Gasteiger partial charge >= 0.3 is 5.97 Å². The third-order valence-corrected chi connectivity index (χ3v) is 3.01. The van der Waals surface area contributed by atoms with Crippen molar-refractivity contribution in [2.24, 2.45) is 5.73 Å². The number of carbonyl (C=O) groups is 4. The van der Waals surface area contributed by atoms with Gasteiger partial charge in [0.15, 0.2) is 0 Å². The van der Waals surface area contributed by atoms with Crippen LogP contribution in [0.2, 0.25) is 0 Å². The normalized spacial score (nSPS) is 23.2. The molecule has 0 aliphatic carbocycles. The summed E-state index contributed by atoms with van der Waals surface area (Å²) in [5, 5.41) is 20.5. The molecule has 112 valence electrons. The molecule has 0 aromatic carbocycles. The first-order chi connectivity index (χ1) is 9.22. The smallest absolute Gasteiger partial charge is 0.326 e. The van der Waals surface area contributed by atoms with Gasteiger partial charge in [-0.1, -0.05) is 0 Å². The molecule has 0 spiro atoms. The molecule has 1 heterocycles. The lowest BCUT2D eigenvalue weighted by atomic mass is 10.1. The number of likely N-dealkylation sites (tertiary alicyclic amines) is 1. The van der Waals surface area contributed by atoms with Gasteiger partial charge in [0.25, 0.3) is 0 Å². The van der Waals surface area contributed by atoms with Crippen LogP contribution in [0.4, 0.5) is 0 Å². The van der Waals surface area contributed by atoms with Crippen LogP contribution in [0.25, 0.3) is 0 Å². The number of primary amides is 1. The van der Waals surface area contributed by atoms with Gasteiger partial charge < -0.3 is 26.2 Å². The van der Waals surface area contributed by atoms with Gasteiger partial charge in [-0.05, 0) is 0 Å². The second-order valence-corrected chi connectivity index (χ2v) is 4.65. The van der Waals surface area contributed by atoms with Crippen LogP contribution >= 0.6 is 0 Å². The molecule has 1 aliphatic rings. The maximum Gasteiger partial charge on any atom is 0.326 e. The molecule has 3 atom stereocenters. The number of nitrogens with zero attached hydrogens (tertiary/aromatic N) is 1. The fourth-order valence-electron chi connectivity index (χ4n) is 2.08. The molecule has 1 rings (SSSR count). The summed E-state index contributed by atoms with van der Waals surface area (Å²) in [4.78, 5) is 46.1. The fourth-order valence-corrected chi connectivity index (χ4v) is 2.08. The molecular formula is C11H17N3O6. The highest BCUT2D eigenvalue weighted by Gasteiger charge is 2.38. The summed E-state index contributed by atoms with van der Waals surface area (Å²) in [5.74, 6) is -3.40. The van der Waals surface area contributed by atoms with E-state index in [2.05, 4.69) is 5.32 Å². The quantitative estimate of drug-likeness (QED) is 0.436. The van der Waals surface area contributed by atoms with Crippen molar-refractivity contribution in [2.75, 3.05) is 6.54 Å². The third kappa shape index (κ3) is 3.92. The van der Waals surface area contributed by atoms with Crippen molar-refractivity contribution in [3.8, 4) is 0 Å². The molecule has 20 heavy (non-hydrogen) atoms. The van der Waals surface area contributed by atoms with E-state index >= 15 is 0 Å². The molecule has 0 bridgehead atoms. The number of aliphatic carboxylic acids is 1. The molecule has 3 amide bonds. The average Bonchev–Trinajstić information content (AvgIpc) is 2.69. The van der Waals surface area contributed by atoms with E-state index in [4.69, 9.17) is 10.8 Å². The molecule has 9 nitrogen and oxygen atoms in total. The molecule has 0 aromatic rings. The van der Waals surface area contributed by atoms with Crippen LogP contribution < -0.4 is 11.1 Å². The van der Waals surface area contributed by atoms with Crippen molar-refractivity contribution in [1.29, 1.82) is 0 Å². The molecule has 9 heteroatoms. The van der Waals surface area contributed by atoms with Crippen molar-refractivity contribution in [3.63, 3.8) is 0 Å². The Morgan fingerprint density at radius 2 is 2.00 bits per heavy atom. The number of β-amino-alcohol motifs (C(OH)–C–C–N with tert-alkyl or cyclic N) is 1. The lowest BCUT2D eigenvalue weighted by Gasteiger charge is -2.23. The van der Waals surface area contributed by atoms with Crippen molar-refractivity contribution >= 4 is 23.7 Å². The monoisotopic (exact) mass is 287 g/mol. The lowest BCUT2D eigenvalue weighted by molar-refractivity contribution is -0.144. The molecule has 1 aliphatic heterocycles. The van der Waals surface area contributed by atoms with E-state index in [1.54, 1.807) is 0 Å².